The molecule has 0 aliphatic carbocycles. The van der Waals surface area contributed by atoms with Crippen molar-refractivity contribution >= 4 is 31.7 Å². The first-order valence-electron chi connectivity index (χ1n) is 5.51. The lowest BCUT2D eigenvalue weighted by molar-refractivity contribution is 0.0948. The average Bonchev–Trinajstić information content (AvgIpc) is 2.24. The van der Waals surface area contributed by atoms with E-state index in [1.807, 2.05) is 0 Å². The minimum Gasteiger partial charge on any atom is -0.507 e. The number of phenols is 1. The number of aromatic hydroxyl groups is 1. The number of benzene rings is 1. The highest BCUT2D eigenvalue weighted by Crippen LogP contribution is 2.22. The molecular formula is C12H16BrNO4S. The van der Waals surface area contributed by atoms with Crippen molar-refractivity contribution in [2.45, 2.75) is 18.6 Å². The van der Waals surface area contributed by atoms with E-state index in [0.29, 0.717) is 4.47 Å². The smallest absolute Gasteiger partial charge is 0.255 e. The zero-order valence-corrected chi connectivity index (χ0v) is 13.3. The summed E-state index contributed by atoms with van der Waals surface area (Å²) >= 11 is 3.17. The molecule has 0 aliphatic rings. The predicted octanol–water partition coefficient (Wildman–Crippen LogP) is 1.71. The Bertz CT molecular complexity index is 596. The molecule has 0 heterocycles. The molecular weight excluding hydrogens is 334 g/mol. The van der Waals surface area contributed by atoms with Crippen molar-refractivity contribution in [3.63, 3.8) is 0 Å². The standard InChI is InChI=1S/C12H16BrNO4S/c1-12(2,19(3,17)18)7-14-11(16)9-5-4-8(13)6-10(9)15/h4-6,15H,7H2,1-3H3,(H,14,16). The molecule has 0 saturated heterocycles. The maximum absolute atomic E-state index is 11.9. The molecule has 0 fully saturated rings. The van der Waals surface area contributed by atoms with Crippen LogP contribution in [0.4, 0.5) is 0 Å². The van der Waals surface area contributed by atoms with Crippen LogP contribution in [0.25, 0.3) is 0 Å². The first-order valence-corrected chi connectivity index (χ1v) is 8.19. The number of halogens is 1. The molecule has 1 amide bonds. The van der Waals surface area contributed by atoms with Crippen LogP contribution < -0.4 is 5.32 Å². The molecule has 1 aromatic carbocycles. The highest BCUT2D eigenvalue weighted by molar-refractivity contribution is 9.10. The number of rotatable bonds is 4. The molecule has 1 aromatic rings. The number of carbonyl (C=O) groups is 1. The summed E-state index contributed by atoms with van der Waals surface area (Å²) in [6.45, 7) is 3.04. The summed E-state index contributed by atoms with van der Waals surface area (Å²) in [6, 6.07) is 4.48. The van der Waals surface area contributed by atoms with Gasteiger partial charge in [-0.3, -0.25) is 4.79 Å². The van der Waals surface area contributed by atoms with Crippen molar-refractivity contribution in [1.29, 1.82) is 0 Å². The largest absolute Gasteiger partial charge is 0.507 e. The van der Waals surface area contributed by atoms with Gasteiger partial charge in [-0.2, -0.15) is 0 Å². The Hall–Kier alpha value is -1.08. The third-order valence-electron chi connectivity index (χ3n) is 2.88. The summed E-state index contributed by atoms with van der Waals surface area (Å²) in [5.74, 6) is -0.675. The molecule has 0 bridgehead atoms. The number of hydrogen-bond acceptors (Lipinski definition) is 4. The van der Waals surface area contributed by atoms with Gasteiger partial charge in [0.2, 0.25) is 0 Å². The lowest BCUT2D eigenvalue weighted by Gasteiger charge is -2.22. The molecule has 1 rings (SSSR count). The normalized spacial score (nSPS) is 12.2. The van der Waals surface area contributed by atoms with Crippen molar-refractivity contribution in [2.24, 2.45) is 0 Å². The Kier molecular flexibility index (Phi) is 4.63. The fourth-order valence-corrected chi connectivity index (χ4v) is 1.90. The number of carbonyl (C=O) groups excluding carboxylic acids is 1. The minimum atomic E-state index is -3.28. The van der Waals surface area contributed by atoms with Crippen LogP contribution in [0, 0.1) is 0 Å². The van der Waals surface area contributed by atoms with Gasteiger partial charge in [-0.25, -0.2) is 8.42 Å². The lowest BCUT2D eigenvalue weighted by atomic mass is 10.1. The molecule has 0 unspecified atom stereocenters. The summed E-state index contributed by atoms with van der Waals surface area (Å²) in [6.07, 6.45) is 1.12. The summed E-state index contributed by atoms with van der Waals surface area (Å²) in [5.41, 5.74) is 0.104. The van der Waals surface area contributed by atoms with Crippen molar-refractivity contribution in [2.75, 3.05) is 12.8 Å². The van der Waals surface area contributed by atoms with Gasteiger partial charge in [0.05, 0.1) is 10.3 Å². The third-order valence-corrected chi connectivity index (χ3v) is 5.53. The Morgan fingerprint density at radius 3 is 2.47 bits per heavy atom. The Labute approximate surface area is 121 Å². The second-order valence-electron chi connectivity index (χ2n) is 4.88. The van der Waals surface area contributed by atoms with Gasteiger partial charge in [0.25, 0.3) is 5.91 Å². The number of phenolic OH excluding ortho intramolecular Hbond substituents is 1. The van der Waals surface area contributed by atoms with E-state index in [2.05, 4.69) is 21.2 Å². The highest BCUT2D eigenvalue weighted by atomic mass is 79.9. The predicted molar refractivity (Wildman–Crippen MR) is 77.1 cm³/mol. The molecule has 7 heteroatoms. The second kappa shape index (κ2) is 5.50. The number of nitrogens with one attached hydrogen (secondary N) is 1. The van der Waals surface area contributed by atoms with Crippen LogP contribution in [0.15, 0.2) is 22.7 Å². The van der Waals surface area contributed by atoms with E-state index in [0.717, 1.165) is 6.26 Å². The van der Waals surface area contributed by atoms with Crippen LogP contribution in [-0.2, 0) is 9.84 Å². The van der Waals surface area contributed by atoms with Crippen LogP contribution in [-0.4, -0.2) is 37.0 Å². The van der Waals surface area contributed by atoms with Gasteiger partial charge in [-0.15, -0.1) is 0 Å². The number of sulfone groups is 1. The van der Waals surface area contributed by atoms with Crippen LogP contribution in [0.1, 0.15) is 24.2 Å². The average molecular weight is 350 g/mol. The number of amides is 1. The molecule has 0 atom stereocenters. The Balaban J connectivity index is 2.82. The fourth-order valence-electron chi connectivity index (χ4n) is 1.22. The molecule has 0 saturated carbocycles. The van der Waals surface area contributed by atoms with E-state index in [1.165, 1.54) is 26.0 Å². The molecule has 106 valence electrons. The highest BCUT2D eigenvalue weighted by Gasteiger charge is 2.30. The lowest BCUT2D eigenvalue weighted by Crippen LogP contribution is -2.43. The molecule has 0 aliphatic heterocycles. The molecule has 0 spiro atoms. The Morgan fingerprint density at radius 1 is 1.42 bits per heavy atom. The first-order chi connectivity index (χ1) is 8.54. The van der Waals surface area contributed by atoms with E-state index in [1.54, 1.807) is 6.07 Å². The summed E-state index contributed by atoms with van der Waals surface area (Å²) < 4.78 is 22.6. The molecule has 5 nitrogen and oxygen atoms in total. The zero-order chi connectivity index (χ0) is 14.8. The van der Waals surface area contributed by atoms with Gasteiger partial charge in [0.15, 0.2) is 9.84 Å². The van der Waals surface area contributed by atoms with E-state index in [4.69, 9.17) is 0 Å². The van der Waals surface area contributed by atoms with Gasteiger partial charge in [0.1, 0.15) is 5.75 Å². The van der Waals surface area contributed by atoms with E-state index in [9.17, 15) is 18.3 Å². The fraction of sp³-hybridized carbons (Fsp3) is 0.417. The van der Waals surface area contributed by atoms with Crippen molar-refractivity contribution in [1.82, 2.24) is 5.32 Å². The van der Waals surface area contributed by atoms with Gasteiger partial charge in [0, 0.05) is 17.3 Å². The SMILES string of the molecule is CC(C)(CNC(=O)c1ccc(Br)cc1O)S(C)(=O)=O. The molecule has 2 N–H and O–H groups in total. The maximum Gasteiger partial charge on any atom is 0.255 e. The second-order valence-corrected chi connectivity index (χ2v) is 8.44. The van der Waals surface area contributed by atoms with Gasteiger partial charge >= 0.3 is 0 Å². The van der Waals surface area contributed by atoms with Crippen LogP contribution in [0.5, 0.6) is 5.75 Å². The van der Waals surface area contributed by atoms with E-state index >= 15 is 0 Å². The zero-order valence-electron chi connectivity index (χ0n) is 10.9. The molecule has 0 aromatic heterocycles. The molecule has 19 heavy (non-hydrogen) atoms. The number of hydrogen-bond donors (Lipinski definition) is 2. The van der Waals surface area contributed by atoms with E-state index in [-0.39, 0.29) is 17.9 Å². The Morgan fingerprint density at radius 2 is 2.00 bits per heavy atom. The maximum atomic E-state index is 11.9. The van der Waals surface area contributed by atoms with E-state index < -0.39 is 20.5 Å². The minimum absolute atomic E-state index is 0.0276. The summed E-state index contributed by atoms with van der Waals surface area (Å²) in [4.78, 5) is 11.9. The summed E-state index contributed by atoms with van der Waals surface area (Å²) in [7, 11) is -3.28. The van der Waals surface area contributed by atoms with Crippen molar-refractivity contribution in [3.05, 3.63) is 28.2 Å². The monoisotopic (exact) mass is 349 g/mol. The third kappa shape index (κ3) is 3.94. The molecule has 0 radical (unpaired) electrons. The van der Waals surface area contributed by atoms with Crippen LogP contribution >= 0.6 is 15.9 Å². The van der Waals surface area contributed by atoms with Crippen molar-refractivity contribution in [3.8, 4) is 5.75 Å². The summed E-state index contributed by atoms with van der Waals surface area (Å²) in [5, 5.41) is 12.2. The van der Waals surface area contributed by atoms with Crippen molar-refractivity contribution < 1.29 is 18.3 Å². The van der Waals surface area contributed by atoms with Gasteiger partial charge in [-0.05, 0) is 32.0 Å². The topological polar surface area (TPSA) is 83.5 Å². The van der Waals surface area contributed by atoms with Gasteiger partial charge < -0.3 is 10.4 Å². The first kappa shape index (κ1) is 16.0. The van der Waals surface area contributed by atoms with Gasteiger partial charge in [-0.1, -0.05) is 15.9 Å². The van der Waals surface area contributed by atoms with Crippen LogP contribution in [0.2, 0.25) is 0 Å². The quantitative estimate of drug-likeness (QED) is 0.866. The van der Waals surface area contributed by atoms with Crippen LogP contribution in [0.3, 0.4) is 0 Å².